The minimum atomic E-state index is -0.345. The summed E-state index contributed by atoms with van der Waals surface area (Å²) >= 11 is 0. The van der Waals surface area contributed by atoms with Crippen molar-refractivity contribution in [2.24, 2.45) is 0 Å². The molecule has 2 aromatic carbocycles. The number of para-hydroxylation sites is 2. The van der Waals surface area contributed by atoms with Crippen molar-refractivity contribution in [1.29, 1.82) is 0 Å². The third kappa shape index (κ3) is 5.66. The Morgan fingerprint density at radius 3 is 2.56 bits per heavy atom. The molecule has 0 aliphatic heterocycles. The Bertz CT molecular complexity index is 1060. The number of hydrogen-bond donors (Lipinski definition) is 1. The second-order valence-electron chi connectivity index (χ2n) is 8.03. The molecule has 3 rings (SSSR count). The summed E-state index contributed by atoms with van der Waals surface area (Å²) in [7, 11) is 3.44. The number of likely N-dealkylation sites (N-methyl/N-ethyl adjacent to an activating group) is 1. The third-order valence-electron chi connectivity index (χ3n) is 5.54. The van der Waals surface area contributed by atoms with E-state index in [-0.39, 0.29) is 30.8 Å². The Kier molecular flexibility index (Phi) is 7.87. The molecule has 0 bridgehead atoms. The minimum Gasteiger partial charge on any atom is -0.497 e. The summed E-state index contributed by atoms with van der Waals surface area (Å²) in [6.45, 7) is 4.92. The zero-order valence-corrected chi connectivity index (χ0v) is 19.3. The van der Waals surface area contributed by atoms with Gasteiger partial charge in [0, 0.05) is 13.6 Å². The number of fused-ring (bicyclic) bond motifs is 1. The summed E-state index contributed by atoms with van der Waals surface area (Å²) < 4.78 is 7.08. The largest absolute Gasteiger partial charge is 0.497 e. The van der Waals surface area contributed by atoms with E-state index in [0.717, 1.165) is 41.7 Å². The van der Waals surface area contributed by atoms with E-state index in [1.165, 1.54) is 0 Å². The zero-order chi connectivity index (χ0) is 23.1. The number of carbonyl (C=O) groups is 2. The van der Waals surface area contributed by atoms with Gasteiger partial charge in [0.05, 0.1) is 30.6 Å². The molecule has 32 heavy (non-hydrogen) atoms. The molecule has 7 nitrogen and oxygen atoms in total. The summed E-state index contributed by atoms with van der Waals surface area (Å²) in [4.78, 5) is 32.0. The predicted molar refractivity (Wildman–Crippen MR) is 126 cm³/mol. The Labute approximate surface area is 189 Å². The fraction of sp³-hybridized carbons (Fsp3) is 0.400. The number of rotatable bonds is 10. The first-order valence-electron chi connectivity index (χ1n) is 11.0. The molecule has 1 aromatic heterocycles. The quantitative estimate of drug-likeness (QED) is 0.526. The molecule has 0 saturated carbocycles. The molecule has 0 fully saturated rings. The van der Waals surface area contributed by atoms with Crippen LogP contribution >= 0.6 is 0 Å². The van der Waals surface area contributed by atoms with Crippen LogP contribution in [-0.4, -0.2) is 47.0 Å². The van der Waals surface area contributed by atoms with E-state index in [2.05, 4.69) is 12.2 Å². The number of carbonyl (C=O) groups excluding carboxylic acids is 2. The third-order valence-corrected chi connectivity index (χ3v) is 5.54. The standard InChI is InChI=1S/C25H32N4O3/c1-5-6-15-28(3)24(31)17-29-22-10-8-7-9-21(22)27-25(29)18(2)26-23(30)16-19-11-13-20(32-4)14-12-19/h7-14,18H,5-6,15-17H2,1-4H3,(H,26,30). The van der Waals surface area contributed by atoms with Gasteiger partial charge in [-0.15, -0.1) is 0 Å². The second-order valence-corrected chi connectivity index (χ2v) is 8.03. The topological polar surface area (TPSA) is 76.5 Å². The van der Waals surface area contributed by atoms with E-state index in [1.54, 1.807) is 12.0 Å². The first-order chi connectivity index (χ1) is 15.4. The second kappa shape index (κ2) is 10.8. The highest BCUT2D eigenvalue weighted by Gasteiger charge is 2.21. The van der Waals surface area contributed by atoms with Crippen molar-refractivity contribution in [2.75, 3.05) is 20.7 Å². The smallest absolute Gasteiger partial charge is 0.242 e. The molecule has 1 unspecified atom stereocenters. The molecule has 3 aromatic rings. The van der Waals surface area contributed by atoms with E-state index in [9.17, 15) is 9.59 Å². The lowest BCUT2D eigenvalue weighted by Gasteiger charge is -2.20. The van der Waals surface area contributed by atoms with Gasteiger partial charge in [-0.25, -0.2) is 4.98 Å². The number of nitrogens with one attached hydrogen (secondary N) is 1. The lowest BCUT2D eigenvalue weighted by Crippen LogP contribution is -2.33. The van der Waals surface area contributed by atoms with Gasteiger partial charge in [-0.3, -0.25) is 9.59 Å². The van der Waals surface area contributed by atoms with E-state index in [4.69, 9.17) is 9.72 Å². The average Bonchev–Trinajstić information content (AvgIpc) is 3.16. The average molecular weight is 437 g/mol. The monoisotopic (exact) mass is 436 g/mol. The van der Waals surface area contributed by atoms with Crippen molar-refractivity contribution in [2.45, 2.75) is 45.7 Å². The molecule has 0 spiro atoms. The number of unbranched alkanes of at least 4 members (excludes halogenated alkanes) is 1. The van der Waals surface area contributed by atoms with Crippen molar-refractivity contribution in [3.8, 4) is 5.75 Å². The maximum Gasteiger partial charge on any atom is 0.242 e. The van der Waals surface area contributed by atoms with Crippen molar-refractivity contribution in [3.63, 3.8) is 0 Å². The fourth-order valence-electron chi connectivity index (χ4n) is 3.65. The molecule has 2 amide bonds. The van der Waals surface area contributed by atoms with Gasteiger partial charge in [-0.1, -0.05) is 37.6 Å². The number of aromatic nitrogens is 2. The fourth-order valence-corrected chi connectivity index (χ4v) is 3.65. The van der Waals surface area contributed by atoms with Gasteiger partial charge in [0.25, 0.3) is 0 Å². The van der Waals surface area contributed by atoms with E-state index < -0.39 is 0 Å². The van der Waals surface area contributed by atoms with Crippen molar-refractivity contribution < 1.29 is 14.3 Å². The van der Waals surface area contributed by atoms with Crippen molar-refractivity contribution >= 4 is 22.8 Å². The van der Waals surface area contributed by atoms with Crippen LogP contribution in [0.2, 0.25) is 0 Å². The first-order valence-corrected chi connectivity index (χ1v) is 11.0. The summed E-state index contributed by atoms with van der Waals surface area (Å²) in [6, 6.07) is 14.8. The van der Waals surface area contributed by atoms with Gasteiger partial charge in [0.15, 0.2) is 0 Å². The Morgan fingerprint density at radius 2 is 1.88 bits per heavy atom. The maximum atomic E-state index is 12.8. The molecule has 0 saturated heterocycles. The summed E-state index contributed by atoms with van der Waals surface area (Å²) in [5.41, 5.74) is 2.59. The van der Waals surface area contributed by atoms with Crippen LogP contribution in [0.4, 0.5) is 0 Å². The van der Waals surface area contributed by atoms with Crippen LogP contribution in [0, 0.1) is 0 Å². The molecule has 0 aliphatic rings. The van der Waals surface area contributed by atoms with Crippen molar-refractivity contribution in [3.05, 3.63) is 59.9 Å². The highest BCUT2D eigenvalue weighted by atomic mass is 16.5. The summed E-state index contributed by atoms with van der Waals surface area (Å²) in [5.74, 6) is 1.35. The van der Waals surface area contributed by atoms with Crippen LogP contribution in [0.15, 0.2) is 48.5 Å². The van der Waals surface area contributed by atoms with Gasteiger partial charge in [0.2, 0.25) is 11.8 Å². The van der Waals surface area contributed by atoms with E-state index in [1.807, 2.05) is 67.1 Å². The molecular formula is C25H32N4O3. The van der Waals surface area contributed by atoms with Crippen LogP contribution in [0.3, 0.4) is 0 Å². The highest BCUT2D eigenvalue weighted by Crippen LogP contribution is 2.21. The Hall–Kier alpha value is -3.35. The maximum absolute atomic E-state index is 12.8. The number of ether oxygens (including phenoxy) is 1. The minimum absolute atomic E-state index is 0.0274. The summed E-state index contributed by atoms with van der Waals surface area (Å²) in [5, 5.41) is 3.03. The number of benzene rings is 2. The van der Waals surface area contributed by atoms with E-state index >= 15 is 0 Å². The number of nitrogens with zero attached hydrogens (tertiary/aromatic N) is 3. The SMILES string of the molecule is CCCCN(C)C(=O)Cn1c(C(C)NC(=O)Cc2ccc(OC)cc2)nc2ccccc21. The summed E-state index contributed by atoms with van der Waals surface area (Å²) in [6.07, 6.45) is 2.26. The lowest BCUT2D eigenvalue weighted by molar-refractivity contribution is -0.130. The van der Waals surface area contributed by atoms with Crippen molar-refractivity contribution in [1.82, 2.24) is 19.8 Å². The molecule has 170 valence electrons. The van der Waals surface area contributed by atoms with Gasteiger partial charge < -0.3 is 19.5 Å². The lowest BCUT2D eigenvalue weighted by atomic mass is 10.1. The van der Waals surface area contributed by atoms with Crippen LogP contribution < -0.4 is 10.1 Å². The van der Waals surface area contributed by atoms with Crippen LogP contribution in [0.5, 0.6) is 5.75 Å². The number of methoxy groups -OCH3 is 1. The molecule has 1 N–H and O–H groups in total. The highest BCUT2D eigenvalue weighted by molar-refractivity contribution is 5.82. The van der Waals surface area contributed by atoms with Gasteiger partial charge in [-0.2, -0.15) is 0 Å². The van der Waals surface area contributed by atoms with Crippen LogP contribution in [0.1, 0.15) is 44.1 Å². The normalized spacial score (nSPS) is 11.9. The molecule has 1 atom stereocenters. The molecule has 1 heterocycles. The number of imidazole rings is 1. The van der Waals surface area contributed by atoms with Gasteiger partial charge in [0.1, 0.15) is 18.1 Å². The van der Waals surface area contributed by atoms with Gasteiger partial charge in [-0.05, 0) is 43.2 Å². The molecule has 0 aliphatic carbocycles. The first kappa shape index (κ1) is 23.3. The van der Waals surface area contributed by atoms with Crippen LogP contribution in [0.25, 0.3) is 11.0 Å². The van der Waals surface area contributed by atoms with E-state index in [0.29, 0.717) is 5.82 Å². The molecular weight excluding hydrogens is 404 g/mol. The molecule has 0 radical (unpaired) electrons. The van der Waals surface area contributed by atoms with Crippen LogP contribution in [-0.2, 0) is 22.6 Å². The number of amides is 2. The predicted octanol–water partition coefficient (Wildman–Crippen LogP) is 3.72. The Balaban J connectivity index is 1.76. The molecule has 7 heteroatoms. The van der Waals surface area contributed by atoms with Gasteiger partial charge >= 0.3 is 0 Å². The zero-order valence-electron chi connectivity index (χ0n) is 19.3. The Morgan fingerprint density at radius 1 is 1.16 bits per heavy atom. The number of hydrogen-bond acceptors (Lipinski definition) is 4.